The summed E-state index contributed by atoms with van der Waals surface area (Å²) in [4.78, 5) is 30.5. The van der Waals surface area contributed by atoms with E-state index < -0.39 is 6.10 Å². The zero-order valence-corrected chi connectivity index (χ0v) is 13.4. The molecule has 0 saturated carbocycles. The highest BCUT2D eigenvalue weighted by Crippen LogP contribution is 2.33. The summed E-state index contributed by atoms with van der Waals surface area (Å²) in [6, 6.07) is 10.5. The van der Waals surface area contributed by atoms with Gasteiger partial charge in [-0.05, 0) is 25.1 Å². The lowest BCUT2D eigenvalue weighted by atomic mass is 10.2. The Morgan fingerprint density at radius 1 is 1.24 bits per heavy atom. The summed E-state index contributed by atoms with van der Waals surface area (Å²) in [5.74, 6) is 0.482. The molecule has 4 rings (SSSR count). The fourth-order valence-corrected chi connectivity index (χ4v) is 2.78. The molecule has 0 saturated heterocycles. The van der Waals surface area contributed by atoms with Crippen molar-refractivity contribution in [1.82, 2.24) is 14.6 Å². The van der Waals surface area contributed by atoms with Crippen molar-refractivity contribution in [1.29, 1.82) is 0 Å². The number of hydrogen-bond donors (Lipinski definition) is 1. The van der Waals surface area contributed by atoms with Gasteiger partial charge >= 0.3 is 0 Å². The lowest BCUT2D eigenvalue weighted by Gasteiger charge is -2.32. The number of nitrogens with zero attached hydrogens (tertiary/aromatic N) is 4. The van der Waals surface area contributed by atoms with Gasteiger partial charge < -0.3 is 10.1 Å². The van der Waals surface area contributed by atoms with Gasteiger partial charge in [0.25, 0.3) is 5.91 Å². The van der Waals surface area contributed by atoms with Gasteiger partial charge in [0.2, 0.25) is 5.91 Å². The molecule has 3 heterocycles. The Kier molecular flexibility index (Phi) is 3.57. The molecule has 25 heavy (non-hydrogen) atoms. The Hall–Kier alpha value is -3.42. The number of anilines is 2. The van der Waals surface area contributed by atoms with E-state index in [2.05, 4.69) is 15.4 Å². The van der Waals surface area contributed by atoms with Crippen molar-refractivity contribution in [3.05, 3.63) is 48.8 Å². The third-order valence-electron chi connectivity index (χ3n) is 3.93. The first-order valence-corrected chi connectivity index (χ1v) is 7.79. The third kappa shape index (κ3) is 2.67. The highest BCUT2D eigenvalue weighted by atomic mass is 16.5. The topological polar surface area (TPSA) is 88.8 Å². The zero-order valence-electron chi connectivity index (χ0n) is 13.4. The van der Waals surface area contributed by atoms with Crippen LogP contribution in [0.3, 0.4) is 0 Å². The van der Waals surface area contributed by atoms with E-state index in [-0.39, 0.29) is 18.4 Å². The first-order valence-electron chi connectivity index (χ1n) is 7.79. The number of hydrogen-bond acceptors (Lipinski definition) is 5. The van der Waals surface area contributed by atoms with Gasteiger partial charge in [0.15, 0.2) is 11.8 Å². The van der Waals surface area contributed by atoms with E-state index in [4.69, 9.17) is 4.74 Å². The summed E-state index contributed by atoms with van der Waals surface area (Å²) >= 11 is 0. The van der Waals surface area contributed by atoms with Gasteiger partial charge in [-0.3, -0.25) is 14.5 Å². The van der Waals surface area contributed by atoms with Crippen LogP contribution in [0.15, 0.2) is 48.8 Å². The standard InChI is InChI=1S/C17H15N5O3/c1-11-17(24)21(12-4-2-3-5-13(12)25-11)10-16(23)20-15-6-8-18-14-7-9-19-22(14)15/h2-9,11H,10H2,1H3,(H,20,23). The van der Waals surface area contributed by atoms with Crippen LogP contribution in [-0.2, 0) is 9.59 Å². The second-order valence-corrected chi connectivity index (χ2v) is 5.63. The second-order valence-electron chi connectivity index (χ2n) is 5.63. The van der Waals surface area contributed by atoms with E-state index in [1.54, 1.807) is 49.6 Å². The number of amides is 2. The van der Waals surface area contributed by atoms with E-state index >= 15 is 0 Å². The number of nitrogens with one attached hydrogen (secondary N) is 1. The summed E-state index contributed by atoms with van der Waals surface area (Å²) < 4.78 is 7.10. The Morgan fingerprint density at radius 3 is 2.96 bits per heavy atom. The lowest BCUT2D eigenvalue weighted by molar-refractivity contribution is -0.127. The third-order valence-corrected chi connectivity index (χ3v) is 3.93. The number of fused-ring (bicyclic) bond motifs is 2. The highest BCUT2D eigenvalue weighted by Gasteiger charge is 2.32. The van der Waals surface area contributed by atoms with E-state index in [0.717, 1.165) is 0 Å². The lowest BCUT2D eigenvalue weighted by Crippen LogP contribution is -2.47. The van der Waals surface area contributed by atoms with E-state index in [9.17, 15) is 9.59 Å². The van der Waals surface area contributed by atoms with Gasteiger partial charge in [0.05, 0.1) is 11.9 Å². The van der Waals surface area contributed by atoms with Crippen LogP contribution in [0.4, 0.5) is 11.5 Å². The van der Waals surface area contributed by atoms with Crippen LogP contribution in [0.25, 0.3) is 5.65 Å². The van der Waals surface area contributed by atoms with Crippen LogP contribution in [0.5, 0.6) is 5.75 Å². The van der Waals surface area contributed by atoms with Crippen LogP contribution in [0, 0.1) is 0 Å². The van der Waals surface area contributed by atoms with Gasteiger partial charge in [-0.2, -0.15) is 9.61 Å². The van der Waals surface area contributed by atoms with Gasteiger partial charge in [0, 0.05) is 12.3 Å². The normalized spacial score (nSPS) is 16.4. The van der Waals surface area contributed by atoms with Crippen LogP contribution in [0.1, 0.15) is 6.92 Å². The number of carbonyl (C=O) groups is 2. The van der Waals surface area contributed by atoms with Gasteiger partial charge in [-0.25, -0.2) is 4.98 Å². The van der Waals surface area contributed by atoms with Crippen molar-refractivity contribution in [3.63, 3.8) is 0 Å². The van der Waals surface area contributed by atoms with Crippen LogP contribution in [-0.4, -0.2) is 39.1 Å². The maximum Gasteiger partial charge on any atom is 0.268 e. The monoisotopic (exact) mass is 337 g/mol. The fraction of sp³-hybridized carbons (Fsp3) is 0.176. The van der Waals surface area contributed by atoms with Crippen molar-refractivity contribution >= 4 is 29.0 Å². The molecular weight excluding hydrogens is 322 g/mol. The average Bonchev–Trinajstić information content (AvgIpc) is 3.09. The SMILES string of the molecule is CC1Oc2ccccc2N(CC(=O)Nc2ccnc3ccnn23)C1=O. The molecule has 0 aliphatic carbocycles. The molecule has 0 radical (unpaired) electrons. The Labute approximate surface area is 143 Å². The van der Waals surface area contributed by atoms with Gasteiger partial charge in [-0.15, -0.1) is 0 Å². The molecular formula is C17H15N5O3. The molecule has 1 aliphatic rings. The Morgan fingerprint density at radius 2 is 2.08 bits per heavy atom. The molecule has 1 aromatic carbocycles. The molecule has 0 spiro atoms. The van der Waals surface area contributed by atoms with Crippen LogP contribution < -0.4 is 15.0 Å². The Balaban J connectivity index is 1.58. The fourth-order valence-electron chi connectivity index (χ4n) is 2.78. The van der Waals surface area contributed by atoms with Crippen molar-refractivity contribution in [2.75, 3.05) is 16.8 Å². The number of ether oxygens (including phenoxy) is 1. The molecule has 8 nitrogen and oxygen atoms in total. The molecule has 1 N–H and O–H groups in total. The van der Waals surface area contributed by atoms with E-state index in [0.29, 0.717) is 22.9 Å². The summed E-state index contributed by atoms with van der Waals surface area (Å²) in [6.45, 7) is 1.55. The summed E-state index contributed by atoms with van der Waals surface area (Å²) in [5, 5.41) is 6.89. The number of benzene rings is 1. The predicted molar refractivity (Wildman–Crippen MR) is 90.5 cm³/mol. The van der Waals surface area contributed by atoms with E-state index in [1.807, 2.05) is 6.07 Å². The maximum atomic E-state index is 12.5. The summed E-state index contributed by atoms with van der Waals surface area (Å²) in [6.07, 6.45) is 2.55. The smallest absolute Gasteiger partial charge is 0.268 e. The maximum absolute atomic E-state index is 12.5. The Bertz CT molecular complexity index is 968. The highest BCUT2D eigenvalue weighted by molar-refractivity contribution is 6.05. The average molecular weight is 337 g/mol. The zero-order chi connectivity index (χ0) is 17.4. The number of rotatable bonds is 3. The molecule has 3 aromatic rings. The van der Waals surface area contributed by atoms with Crippen molar-refractivity contribution in [2.45, 2.75) is 13.0 Å². The molecule has 1 atom stereocenters. The first-order chi connectivity index (χ1) is 12.1. The minimum atomic E-state index is -0.638. The number of para-hydroxylation sites is 2. The van der Waals surface area contributed by atoms with Crippen LogP contribution >= 0.6 is 0 Å². The van der Waals surface area contributed by atoms with Crippen molar-refractivity contribution in [3.8, 4) is 5.75 Å². The molecule has 1 aliphatic heterocycles. The quantitative estimate of drug-likeness (QED) is 0.782. The summed E-state index contributed by atoms with van der Waals surface area (Å²) in [7, 11) is 0. The minimum Gasteiger partial charge on any atom is -0.479 e. The molecule has 126 valence electrons. The summed E-state index contributed by atoms with van der Waals surface area (Å²) in [5.41, 5.74) is 1.21. The predicted octanol–water partition coefficient (Wildman–Crippen LogP) is 1.48. The largest absolute Gasteiger partial charge is 0.479 e. The number of aromatic nitrogens is 3. The number of carbonyl (C=O) groups excluding carboxylic acids is 2. The molecule has 8 heteroatoms. The second kappa shape index (κ2) is 5.90. The van der Waals surface area contributed by atoms with Gasteiger partial charge in [0.1, 0.15) is 18.1 Å². The first kappa shape index (κ1) is 15.1. The van der Waals surface area contributed by atoms with Gasteiger partial charge in [-0.1, -0.05) is 12.1 Å². The molecule has 0 bridgehead atoms. The van der Waals surface area contributed by atoms with Crippen molar-refractivity contribution < 1.29 is 14.3 Å². The van der Waals surface area contributed by atoms with E-state index in [1.165, 1.54) is 9.42 Å². The van der Waals surface area contributed by atoms with Crippen molar-refractivity contribution in [2.24, 2.45) is 0 Å². The van der Waals surface area contributed by atoms with Crippen LogP contribution in [0.2, 0.25) is 0 Å². The molecule has 2 aromatic heterocycles. The minimum absolute atomic E-state index is 0.116. The molecule has 2 amide bonds. The molecule has 1 unspecified atom stereocenters. The molecule has 0 fully saturated rings.